The molecule has 0 bridgehead atoms. The van der Waals surface area contributed by atoms with Gasteiger partial charge in [-0.25, -0.2) is 0 Å². The van der Waals surface area contributed by atoms with E-state index in [1.807, 2.05) is 31.3 Å². The van der Waals surface area contributed by atoms with Crippen LogP contribution in [0.25, 0.3) is 0 Å². The predicted molar refractivity (Wildman–Crippen MR) is 90.2 cm³/mol. The highest BCUT2D eigenvalue weighted by Gasteiger charge is 2.13. The zero-order chi connectivity index (χ0) is 14.4. The summed E-state index contributed by atoms with van der Waals surface area (Å²) in [4.78, 5) is 13.8. The van der Waals surface area contributed by atoms with E-state index in [9.17, 15) is 4.79 Å². The van der Waals surface area contributed by atoms with Crippen LogP contribution in [0.2, 0.25) is 0 Å². The average Bonchev–Trinajstić information content (AvgIpc) is 2.37. The summed E-state index contributed by atoms with van der Waals surface area (Å²) in [5, 5.41) is 0. The quantitative estimate of drug-likeness (QED) is 0.843. The molecular formula is C15H24BrClN2O. The lowest BCUT2D eigenvalue weighted by Gasteiger charge is -2.21. The second kappa shape index (κ2) is 9.37. The number of nitrogens with zero attached hydrogens (tertiary/aromatic N) is 1. The van der Waals surface area contributed by atoms with Crippen molar-refractivity contribution in [2.75, 3.05) is 13.6 Å². The van der Waals surface area contributed by atoms with Gasteiger partial charge in [0.05, 0.1) is 6.42 Å². The number of nitrogens with two attached hydrogens (primary N) is 1. The molecule has 5 heteroatoms. The summed E-state index contributed by atoms with van der Waals surface area (Å²) >= 11 is 3.39. The predicted octanol–water partition coefficient (Wildman–Crippen LogP) is 3.25. The minimum atomic E-state index is 0. The highest BCUT2D eigenvalue weighted by molar-refractivity contribution is 9.10. The Morgan fingerprint density at radius 1 is 1.30 bits per heavy atom. The van der Waals surface area contributed by atoms with E-state index in [-0.39, 0.29) is 24.4 Å². The summed E-state index contributed by atoms with van der Waals surface area (Å²) in [5.41, 5.74) is 7.03. The molecule has 0 saturated heterocycles. The first-order valence-corrected chi connectivity index (χ1v) is 7.43. The largest absolute Gasteiger partial charge is 0.345 e. The molecule has 20 heavy (non-hydrogen) atoms. The maximum absolute atomic E-state index is 12.1. The molecule has 0 heterocycles. The second-order valence-electron chi connectivity index (χ2n) is 5.32. The van der Waals surface area contributed by atoms with Crippen LogP contribution in [0.4, 0.5) is 0 Å². The normalized spacial score (nSPS) is 11.9. The Kier molecular flexibility index (Phi) is 9.10. The van der Waals surface area contributed by atoms with E-state index in [1.54, 1.807) is 4.90 Å². The number of rotatable bonds is 6. The number of carbonyl (C=O) groups is 1. The van der Waals surface area contributed by atoms with Gasteiger partial charge in [-0.05, 0) is 30.0 Å². The van der Waals surface area contributed by atoms with Crippen molar-refractivity contribution in [3.63, 3.8) is 0 Å². The van der Waals surface area contributed by atoms with Crippen LogP contribution in [-0.2, 0) is 11.2 Å². The molecule has 3 nitrogen and oxygen atoms in total. The number of amides is 1. The maximum atomic E-state index is 12.1. The highest BCUT2D eigenvalue weighted by Crippen LogP contribution is 2.12. The molecule has 0 saturated carbocycles. The summed E-state index contributed by atoms with van der Waals surface area (Å²) in [6, 6.07) is 8.00. The Morgan fingerprint density at radius 2 is 1.85 bits per heavy atom. The van der Waals surface area contributed by atoms with Crippen molar-refractivity contribution in [3.8, 4) is 0 Å². The molecule has 114 valence electrons. The minimum Gasteiger partial charge on any atom is -0.345 e. The fourth-order valence-corrected chi connectivity index (χ4v) is 1.98. The van der Waals surface area contributed by atoms with Gasteiger partial charge in [0.15, 0.2) is 0 Å². The van der Waals surface area contributed by atoms with Crippen LogP contribution in [0.15, 0.2) is 28.7 Å². The van der Waals surface area contributed by atoms with Crippen molar-refractivity contribution in [1.82, 2.24) is 4.90 Å². The van der Waals surface area contributed by atoms with E-state index in [2.05, 4.69) is 29.8 Å². The zero-order valence-corrected chi connectivity index (χ0v) is 14.7. The summed E-state index contributed by atoms with van der Waals surface area (Å²) < 4.78 is 1.03. The molecule has 1 aromatic rings. The first kappa shape index (κ1) is 19.4. The Morgan fingerprint density at radius 3 is 2.35 bits per heavy atom. The number of likely N-dealkylation sites (N-methyl/N-ethyl adjacent to an activating group) is 1. The second-order valence-corrected chi connectivity index (χ2v) is 6.23. The van der Waals surface area contributed by atoms with Crippen LogP contribution in [0.1, 0.15) is 25.8 Å². The lowest BCUT2D eigenvalue weighted by atomic mass is 10.0. The van der Waals surface area contributed by atoms with Gasteiger partial charge in [0.2, 0.25) is 5.91 Å². The van der Waals surface area contributed by atoms with Crippen LogP contribution < -0.4 is 5.73 Å². The van der Waals surface area contributed by atoms with E-state index in [4.69, 9.17) is 5.73 Å². The van der Waals surface area contributed by atoms with Gasteiger partial charge in [-0.2, -0.15) is 0 Å². The van der Waals surface area contributed by atoms with Crippen molar-refractivity contribution in [1.29, 1.82) is 0 Å². The topological polar surface area (TPSA) is 46.3 Å². The maximum Gasteiger partial charge on any atom is 0.226 e. The number of halogens is 2. The van der Waals surface area contributed by atoms with E-state index in [1.165, 1.54) is 0 Å². The Balaban J connectivity index is 0.00000361. The van der Waals surface area contributed by atoms with Crippen LogP contribution in [0.5, 0.6) is 0 Å². The number of hydrogen-bond donors (Lipinski definition) is 1. The minimum absolute atomic E-state index is 0. The molecular weight excluding hydrogens is 340 g/mol. The van der Waals surface area contributed by atoms with Gasteiger partial charge < -0.3 is 10.6 Å². The van der Waals surface area contributed by atoms with Gasteiger partial charge in [-0.3, -0.25) is 4.79 Å². The van der Waals surface area contributed by atoms with Crippen molar-refractivity contribution >= 4 is 34.2 Å². The Hall–Kier alpha value is -0.580. The standard InChI is InChI=1S/C15H23BrN2O.ClH/c1-11(2)14(17)8-9-18(3)15(19)10-12-4-6-13(16)7-5-12;/h4-7,11,14H,8-10,17H2,1-3H3;1H. The lowest BCUT2D eigenvalue weighted by Crippen LogP contribution is -2.35. The Labute approximate surface area is 136 Å². The summed E-state index contributed by atoms with van der Waals surface area (Å²) in [5.74, 6) is 0.591. The molecule has 0 spiro atoms. The fourth-order valence-electron chi connectivity index (χ4n) is 1.71. The van der Waals surface area contributed by atoms with E-state index in [0.717, 1.165) is 16.5 Å². The smallest absolute Gasteiger partial charge is 0.226 e. The van der Waals surface area contributed by atoms with Crippen molar-refractivity contribution in [2.24, 2.45) is 11.7 Å². The van der Waals surface area contributed by atoms with Crippen molar-refractivity contribution in [3.05, 3.63) is 34.3 Å². The van der Waals surface area contributed by atoms with Gasteiger partial charge in [0, 0.05) is 24.1 Å². The third-order valence-corrected chi connectivity index (χ3v) is 3.88. The molecule has 1 amide bonds. The van der Waals surface area contributed by atoms with E-state index >= 15 is 0 Å². The third-order valence-electron chi connectivity index (χ3n) is 3.35. The molecule has 2 N–H and O–H groups in total. The molecule has 0 aliphatic heterocycles. The summed E-state index contributed by atoms with van der Waals surface area (Å²) in [7, 11) is 1.84. The number of benzene rings is 1. The highest BCUT2D eigenvalue weighted by atomic mass is 79.9. The molecule has 0 aliphatic carbocycles. The first-order chi connectivity index (χ1) is 8.90. The van der Waals surface area contributed by atoms with Crippen LogP contribution in [0, 0.1) is 5.92 Å². The SMILES string of the molecule is CC(C)C(N)CCN(C)C(=O)Cc1ccc(Br)cc1.Cl. The average molecular weight is 364 g/mol. The van der Waals surface area contributed by atoms with Crippen LogP contribution in [0.3, 0.4) is 0 Å². The van der Waals surface area contributed by atoms with Gasteiger partial charge in [-0.1, -0.05) is 41.9 Å². The van der Waals surface area contributed by atoms with Gasteiger partial charge in [-0.15, -0.1) is 12.4 Å². The molecule has 1 atom stereocenters. The molecule has 1 rings (SSSR count). The summed E-state index contributed by atoms with van der Waals surface area (Å²) in [6.07, 6.45) is 1.29. The molecule has 0 fully saturated rings. The zero-order valence-electron chi connectivity index (χ0n) is 12.3. The fraction of sp³-hybridized carbons (Fsp3) is 0.533. The molecule has 0 aliphatic rings. The molecule has 0 radical (unpaired) electrons. The molecule has 1 unspecified atom stereocenters. The van der Waals surface area contributed by atoms with Gasteiger partial charge in [0.1, 0.15) is 0 Å². The monoisotopic (exact) mass is 362 g/mol. The number of carbonyl (C=O) groups excluding carboxylic acids is 1. The number of hydrogen-bond acceptors (Lipinski definition) is 2. The van der Waals surface area contributed by atoms with Crippen molar-refractivity contribution < 1.29 is 4.79 Å². The first-order valence-electron chi connectivity index (χ1n) is 6.64. The van der Waals surface area contributed by atoms with Crippen molar-refractivity contribution in [2.45, 2.75) is 32.7 Å². The van der Waals surface area contributed by atoms with Crippen LogP contribution >= 0.6 is 28.3 Å². The van der Waals surface area contributed by atoms with Crippen LogP contribution in [-0.4, -0.2) is 30.4 Å². The van der Waals surface area contributed by atoms with E-state index < -0.39 is 0 Å². The Bertz CT molecular complexity index is 409. The summed E-state index contributed by atoms with van der Waals surface area (Å²) in [6.45, 7) is 4.93. The van der Waals surface area contributed by atoms with E-state index in [0.29, 0.717) is 18.9 Å². The van der Waals surface area contributed by atoms with Gasteiger partial charge in [0.25, 0.3) is 0 Å². The molecule has 0 aromatic heterocycles. The van der Waals surface area contributed by atoms with Gasteiger partial charge >= 0.3 is 0 Å². The third kappa shape index (κ3) is 6.73. The lowest BCUT2D eigenvalue weighted by molar-refractivity contribution is -0.129. The molecule has 1 aromatic carbocycles.